The Balaban J connectivity index is 1.98. The van der Waals surface area contributed by atoms with E-state index in [1.54, 1.807) is 26.8 Å². The van der Waals surface area contributed by atoms with Gasteiger partial charge in [-0.25, -0.2) is 9.99 Å². The molecule has 4 N–H and O–H groups in total. The summed E-state index contributed by atoms with van der Waals surface area (Å²) in [5, 5.41) is 9.76. The van der Waals surface area contributed by atoms with E-state index in [9.17, 15) is 22.8 Å². The zero-order valence-electron chi connectivity index (χ0n) is 18.0. The van der Waals surface area contributed by atoms with Crippen molar-refractivity contribution in [3.05, 3.63) is 46.6 Å². The second-order valence-corrected chi connectivity index (χ2v) is 8.20. The van der Waals surface area contributed by atoms with Gasteiger partial charge in [-0.15, -0.1) is 0 Å². The number of pyridine rings is 1. The summed E-state index contributed by atoms with van der Waals surface area (Å²) in [4.78, 5) is 29.8. The topological polar surface area (TPSA) is 113 Å². The average molecular weight is 483 g/mol. The van der Waals surface area contributed by atoms with Gasteiger partial charge in [-0.05, 0) is 50.6 Å². The van der Waals surface area contributed by atoms with E-state index in [-0.39, 0.29) is 28.1 Å². The van der Waals surface area contributed by atoms with E-state index in [2.05, 4.69) is 20.7 Å². The lowest BCUT2D eigenvalue weighted by atomic mass is 10.0. The molecule has 12 heteroatoms. The molecule has 3 rings (SSSR count). The van der Waals surface area contributed by atoms with Gasteiger partial charge in [0, 0.05) is 24.3 Å². The highest BCUT2D eigenvalue weighted by Crippen LogP contribution is 2.34. The van der Waals surface area contributed by atoms with Crippen LogP contribution in [0.4, 0.5) is 30.4 Å². The Bertz CT molecular complexity index is 1120. The number of hydrazone groups is 1. The number of amides is 2. The molecule has 33 heavy (non-hydrogen) atoms. The first-order chi connectivity index (χ1) is 15.4. The molecule has 0 fully saturated rings. The van der Waals surface area contributed by atoms with Gasteiger partial charge in [0.25, 0.3) is 5.91 Å². The van der Waals surface area contributed by atoms with Crippen LogP contribution >= 0.6 is 11.6 Å². The van der Waals surface area contributed by atoms with E-state index in [1.165, 1.54) is 24.4 Å². The van der Waals surface area contributed by atoms with Gasteiger partial charge in [-0.1, -0.05) is 11.6 Å². The maximum absolute atomic E-state index is 13.4. The smallest absolute Gasteiger partial charge is 0.399 e. The van der Waals surface area contributed by atoms with E-state index in [1.807, 2.05) is 0 Å². The fraction of sp³-hybridized carbons (Fsp3) is 0.333. The number of nitrogens with zero attached hydrogens (tertiary/aromatic N) is 3. The van der Waals surface area contributed by atoms with Crippen LogP contribution in [0.5, 0.6) is 0 Å². The molecule has 176 valence electrons. The molecule has 8 nitrogen and oxygen atoms in total. The first-order valence-corrected chi connectivity index (χ1v) is 10.3. The van der Waals surface area contributed by atoms with Gasteiger partial charge in [0.15, 0.2) is 5.82 Å². The highest BCUT2D eigenvalue weighted by atomic mass is 35.5. The molecule has 0 bridgehead atoms. The van der Waals surface area contributed by atoms with Crippen molar-refractivity contribution in [1.29, 1.82) is 0 Å². The summed E-state index contributed by atoms with van der Waals surface area (Å²) in [6, 6.07) is 4.27. The number of hydrogen-bond acceptors (Lipinski definition) is 6. The number of halogens is 4. The van der Waals surface area contributed by atoms with Crippen LogP contribution in [-0.4, -0.2) is 40.8 Å². The van der Waals surface area contributed by atoms with Crippen LogP contribution in [0.2, 0.25) is 5.02 Å². The van der Waals surface area contributed by atoms with Crippen molar-refractivity contribution in [1.82, 2.24) is 10.3 Å². The number of aromatic nitrogens is 1. The van der Waals surface area contributed by atoms with Crippen LogP contribution in [-0.2, 0) is 4.79 Å². The minimum Gasteiger partial charge on any atom is -0.399 e. The number of aryl methyl sites for hydroxylation is 1. The summed E-state index contributed by atoms with van der Waals surface area (Å²) in [6.07, 6.45) is -4.13. The average Bonchev–Trinajstić information content (AvgIpc) is 3.15. The Morgan fingerprint density at radius 3 is 2.61 bits per heavy atom. The predicted molar refractivity (Wildman–Crippen MR) is 120 cm³/mol. The van der Waals surface area contributed by atoms with Crippen LogP contribution in [0, 0.1) is 6.92 Å². The number of nitrogen functional groups attached to an aromatic ring is 1. The fourth-order valence-corrected chi connectivity index (χ4v) is 3.54. The molecule has 0 aliphatic carbocycles. The third kappa shape index (κ3) is 5.36. The maximum Gasteiger partial charge on any atom is 0.431 e. The zero-order chi connectivity index (χ0) is 24.5. The molecule has 1 aliphatic heterocycles. The summed E-state index contributed by atoms with van der Waals surface area (Å²) >= 11 is 6.10. The molecule has 1 unspecified atom stereocenters. The monoisotopic (exact) mass is 482 g/mol. The molecule has 1 aromatic heterocycles. The van der Waals surface area contributed by atoms with Gasteiger partial charge in [-0.3, -0.25) is 9.59 Å². The lowest BCUT2D eigenvalue weighted by Gasteiger charge is -2.24. The molecule has 2 heterocycles. The van der Waals surface area contributed by atoms with Gasteiger partial charge >= 0.3 is 6.18 Å². The van der Waals surface area contributed by atoms with Gasteiger partial charge in [0.05, 0.1) is 16.3 Å². The standard InChI is InChI=1S/C21H22ClF3N6O2/c1-10(2)28-19(32)13-8-12(26)7-11(3)17(13)29-20(33)15-9-16(21(23,24)25)30-31(15)18-14(22)5-4-6-27-18/h4-8,10,15H,9,26H2,1-3H3,(H,28,32)(H,29,33). The Morgan fingerprint density at radius 2 is 2.00 bits per heavy atom. The Morgan fingerprint density at radius 1 is 1.30 bits per heavy atom. The fourth-order valence-electron chi connectivity index (χ4n) is 3.33. The zero-order valence-corrected chi connectivity index (χ0v) is 18.8. The first-order valence-electron chi connectivity index (χ1n) is 9.94. The summed E-state index contributed by atoms with van der Waals surface area (Å²) in [6.45, 7) is 5.15. The van der Waals surface area contributed by atoms with Crippen molar-refractivity contribution in [3.8, 4) is 0 Å². The number of nitrogens with two attached hydrogens (primary N) is 1. The van der Waals surface area contributed by atoms with Gasteiger partial charge in [0.1, 0.15) is 11.8 Å². The summed E-state index contributed by atoms with van der Waals surface area (Å²) in [7, 11) is 0. The Hall–Kier alpha value is -3.34. The molecule has 1 aliphatic rings. The molecular formula is C21H22ClF3N6O2. The number of alkyl halides is 3. The van der Waals surface area contributed by atoms with Crippen LogP contribution < -0.4 is 21.4 Å². The minimum atomic E-state index is -4.74. The SMILES string of the molecule is Cc1cc(N)cc(C(=O)NC(C)C)c1NC(=O)C1CC(C(F)(F)F)=NN1c1ncccc1Cl. The molecular weight excluding hydrogens is 461 g/mol. The van der Waals surface area contributed by atoms with Crippen molar-refractivity contribution in [2.75, 3.05) is 16.1 Å². The second-order valence-electron chi connectivity index (χ2n) is 7.80. The van der Waals surface area contributed by atoms with Crippen molar-refractivity contribution < 1.29 is 22.8 Å². The number of nitrogens with one attached hydrogen (secondary N) is 2. The van der Waals surface area contributed by atoms with E-state index < -0.39 is 36.2 Å². The summed E-state index contributed by atoms with van der Waals surface area (Å²) < 4.78 is 40.2. The van der Waals surface area contributed by atoms with Crippen LogP contribution in [0.15, 0.2) is 35.6 Å². The number of carbonyl (C=O) groups excluding carboxylic acids is 2. The highest BCUT2D eigenvalue weighted by molar-refractivity contribution is 6.33. The largest absolute Gasteiger partial charge is 0.431 e. The number of anilines is 3. The van der Waals surface area contributed by atoms with Crippen LogP contribution in [0.3, 0.4) is 0 Å². The normalized spacial score (nSPS) is 16.1. The van der Waals surface area contributed by atoms with E-state index >= 15 is 0 Å². The molecule has 2 amide bonds. The molecule has 1 atom stereocenters. The van der Waals surface area contributed by atoms with Gasteiger partial charge in [0.2, 0.25) is 5.91 Å². The number of rotatable bonds is 5. The number of benzene rings is 1. The minimum absolute atomic E-state index is 0.0307. The van der Waals surface area contributed by atoms with Crippen LogP contribution in [0.1, 0.15) is 36.2 Å². The molecule has 0 saturated carbocycles. The molecule has 0 saturated heterocycles. The van der Waals surface area contributed by atoms with E-state index in [0.717, 1.165) is 5.01 Å². The molecule has 0 radical (unpaired) electrons. The summed E-state index contributed by atoms with van der Waals surface area (Å²) in [5.74, 6) is -1.39. The Labute approximate surface area is 193 Å². The highest BCUT2D eigenvalue weighted by Gasteiger charge is 2.46. The van der Waals surface area contributed by atoms with Crippen molar-refractivity contribution in [2.45, 2.75) is 45.5 Å². The molecule has 0 spiro atoms. The van der Waals surface area contributed by atoms with Crippen molar-refractivity contribution in [2.24, 2.45) is 5.10 Å². The van der Waals surface area contributed by atoms with Gasteiger partial charge in [-0.2, -0.15) is 18.3 Å². The number of hydrogen-bond donors (Lipinski definition) is 3. The molecule has 1 aromatic carbocycles. The molecule has 2 aromatic rings. The maximum atomic E-state index is 13.4. The Kier molecular flexibility index (Phi) is 6.82. The lowest BCUT2D eigenvalue weighted by Crippen LogP contribution is -2.40. The quantitative estimate of drug-likeness (QED) is 0.559. The first kappa shape index (κ1) is 24.3. The third-order valence-electron chi connectivity index (χ3n) is 4.77. The number of carbonyl (C=O) groups is 2. The second kappa shape index (κ2) is 9.26. The van der Waals surface area contributed by atoms with E-state index in [0.29, 0.717) is 11.3 Å². The van der Waals surface area contributed by atoms with Gasteiger partial charge < -0.3 is 16.4 Å². The summed E-state index contributed by atoms with van der Waals surface area (Å²) in [5.41, 5.74) is 5.71. The van der Waals surface area contributed by atoms with Crippen molar-refractivity contribution in [3.63, 3.8) is 0 Å². The van der Waals surface area contributed by atoms with E-state index in [4.69, 9.17) is 17.3 Å². The lowest BCUT2D eigenvalue weighted by molar-refractivity contribution is -0.117. The predicted octanol–water partition coefficient (Wildman–Crippen LogP) is 3.90. The van der Waals surface area contributed by atoms with Crippen LogP contribution in [0.25, 0.3) is 0 Å². The van der Waals surface area contributed by atoms with Crippen molar-refractivity contribution >= 4 is 46.3 Å². The third-order valence-corrected chi connectivity index (χ3v) is 5.06.